The SMILES string of the molecule is Cc1cc([N+](=O)[O-])nn1CCC(=O)Nc1cnn(C)c1C(=O)NCc1ccco1. The van der Waals surface area contributed by atoms with Crippen LogP contribution in [-0.4, -0.2) is 36.3 Å². The molecule has 29 heavy (non-hydrogen) atoms. The van der Waals surface area contributed by atoms with Crippen molar-refractivity contribution >= 4 is 23.3 Å². The summed E-state index contributed by atoms with van der Waals surface area (Å²) in [6.07, 6.45) is 2.90. The minimum absolute atomic E-state index is 0.0159. The Hall–Kier alpha value is -3.96. The molecule has 0 saturated carbocycles. The second kappa shape index (κ2) is 8.37. The number of hydrogen-bond acceptors (Lipinski definition) is 7. The van der Waals surface area contributed by atoms with Crippen molar-refractivity contribution in [2.45, 2.75) is 26.4 Å². The third-order valence-electron chi connectivity index (χ3n) is 4.14. The number of nitrogens with zero attached hydrogens (tertiary/aromatic N) is 5. The van der Waals surface area contributed by atoms with Crippen LogP contribution in [0.1, 0.15) is 28.4 Å². The summed E-state index contributed by atoms with van der Waals surface area (Å²) in [4.78, 5) is 35.0. The molecule has 0 radical (unpaired) electrons. The van der Waals surface area contributed by atoms with E-state index in [9.17, 15) is 19.7 Å². The van der Waals surface area contributed by atoms with Gasteiger partial charge >= 0.3 is 5.82 Å². The predicted molar refractivity (Wildman–Crippen MR) is 100.0 cm³/mol. The quantitative estimate of drug-likeness (QED) is 0.427. The zero-order chi connectivity index (χ0) is 21.0. The van der Waals surface area contributed by atoms with Gasteiger partial charge in [0.05, 0.1) is 48.1 Å². The van der Waals surface area contributed by atoms with Crippen molar-refractivity contribution in [1.29, 1.82) is 0 Å². The lowest BCUT2D eigenvalue weighted by Crippen LogP contribution is -2.26. The van der Waals surface area contributed by atoms with E-state index in [1.807, 2.05) is 0 Å². The van der Waals surface area contributed by atoms with Gasteiger partial charge in [0, 0.05) is 13.5 Å². The number of nitrogens with one attached hydrogen (secondary N) is 2. The smallest absolute Gasteiger partial charge is 0.390 e. The van der Waals surface area contributed by atoms with Crippen LogP contribution in [0.5, 0.6) is 0 Å². The maximum absolute atomic E-state index is 12.5. The first kappa shape index (κ1) is 19.8. The Morgan fingerprint density at radius 3 is 2.83 bits per heavy atom. The Morgan fingerprint density at radius 1 is 1.38 bits per heavy atom. The number of rotatable bonds is 8. The summed E-state index contributed by atoms with van der Waals surface area (Å²) in [6, 6.07) is 4.78. The molecule has 152 valence electrons. The molecule has 0 bridgehead atoms. The highest BCUT2D eigenvalue weighted by Gasteiger charge is 2.20. The van der Waals surface area contributed by atoms with Gasteiger partial charge in [0.2, 0.25) is 5.91 Å². The number of nitro groups is 1. The van der Waals surface area contributed by atoms with Gasteiger partial charge in [-0.2, -0.15) is 9.78 Å². The molecule has 2 N–H and O–H groups in total. The third kappa shape index (κ3) is 4.66. The number of aryl methyl sites for hydroxylation is 3. The zero-order valence-corrected chi connectivity index (χ0v) is 15.8. The zero-order valence-electron chi connectivity index (χ0n) is 15.8. The summed E-state index contributed by atoms with van der Waals surface area (Å²) in [5.74, 6) is -0.480. The molecule has 0 aliphatic rings. The van der Waals surface area contributed by atoms with Crippen LogP contribution < -0.4 is 10.6 Å². The Labute approximate surface area is 164 Å². The highest BCUT2D eigenvalue weighted by atomic mass is 16.6. The molecular formula is C17H19N7O5. The van der Waals surface area contributed by atoms with Crippen molar-refractivity contribution in [3.8, 4) is 0 Å². The summed E-state index contributed by atoms with van der Waals surface area (Å²) < 4.78 is 7.91. The molecule has 3 aromatic rings. The van der Waals surface area contributed by atoms with Crippen molar-refractivity contribution in [3.05, 3.63) is 57.9 Å². The average molecular weight is 401 g/mol. The Bertz CT molecular complexity index is 1030. The molecule has 0 saturated heterocycles. The molecule has 3 aromatic heterocycles. The fourth-order valence-corrected chi connectivity index (χ4v) is 2.69. The molecule has 0 aliphatic carbocycles. The summed E-state index contributed by atoms with van der Waals surface area (Å²) in [5, 5.41) is 24.0. The molecule has 3 heterocycles. The van der Waals surface area contributed by atoms with E-state index in [-0.39, 0.29) is 42.6 Å². The Kier molecular flexibility index (Phi) is 5.71. The Morgan fingerprint density at radius 2 is 2.17 bits per heavy atom. The Balaban J connectivity index is 1.60. The van der Waals surface area contributed by atoms with E-state index in [4.69, 9.17) is 4.42 Å². The maximum atomic E-state index is 12.5. The molecule has 12 nitrogen and oxygen atoms in total. The van der Waals surface area contributed by atoms with Gasteiger partial charge in [-0.1, -0.05) is 0 Å². The number of amides is 2. The van der Waals surface area contributed by atoms with Crippen molar-refractivity contribution in [1.82, 2.24) is 24.9 Å². The van der Waals surface area contributed by atoms with Crippen LogP contribution >= 0.6 is 0 Å². The standard InChI is InChI=1S/C17H19N7O5/c1-11-8-14(24(27)28)21-23(11)6-5-15(25)20-13-10-19-22(2)16(13)17(26)18-9-12-4-3-7-29-12/h3-4,7-8,10H,5-6,9H2,1-2H3,(H,18,26)(H,20,25). The number of carbonyl (C=O) groups excluding carboxylic acids is 2. The first-order valence-corrected chi connectivity index (χ1v) is 8.66. The largest absolute Gasteiger partial charge is 0.467 e. The van der Waals surface area contributed by atoms with Gasteiger partial charge in [-0.15, -0.1) is 0 Å². The summed E-state index contributed by atoms with van der Waals surface area (Å²) >= 11 is 0. The van der Waals surface area contributed by atoms with Crippen LogP contribution in [0.15, 0.2) is 35.1 Å². The molecule has 0 unspecified atom stereocenters. The minimum Gasteiger partial charge on any atom is -0.467 e. The van der Waals surface area contributed by atoms with Gasteiger partial charge in [0.1, 0.15) is 11.5 Å². The molecule has 0 fully saturated rings. The highest BCUT2D eigenvalue weighted by molar-refractivity contribution is 6.02. The second-order valence-electron chi connectivity index (χ2n) is 6.21. The van der Waals surface area contributed by atoms with E-state index in [2.05, 4.69) is 20.8 Å². The molecule has 0 atom stereocenters. The average Bonchev–Trinajstić information content (AvgIpc) is 3.39. The highest BCUT2D eigenvalue weighted by Crippen LogP contribution is 2.16. The number of carbonyl (C=O) groups is 2. The first-order valence-electron chi connectivity index (χ1n) is 8.66. The lowest BCUT2D eigenvalue weighted by Gasteiger charge is -2.08. The monoisotopic (exact) mass is 401 g/mol. The van der Waals surface area contributed by atoms with Crippen LogP contribution in [0, 0.1) is 17.0 Å². The number of hydrogen-bond donors (Lipinski definition) is 2. The van der Waals surface area contributed by atoms with Crippen LogP contribution in [0.4, 0.5) is 11.5 Å². The van der Waals surface area contributed by atoms with Crippen LogP contribution in [0.2, 0.25) is 0 Å². The van der Waals surface area contributed by atoms with Crippen molar-refractivity contribution in [2.24, 2.45) is 7.05 Å². The van der Waals surface area contributed by atoms with E-state index < -0.39 is 10.8 Å². The van der Waals surface area contributed by atoms with E-state index in [1.54, 1.807) is 26.1 Å². The predicted octanol–water partition coefficient (Wildman–Crippen LogP) is 1.39. The lowest BCUT2D eigenvalue weighted by atomic mass is 10.3. The molecule has 12 heteroatoms. The van der Waals surface area contributed by atoms with Crippen LogP contribution in [-0.2, 0) is 24.9 Å². The molecule has 0 aromatic carbocycles. The van der Waals surface area contributed by atoms with Gasteiger partial charge in [0.25, 0.3) is 5.91 Å². The van der Waals surface area contributed by atoms with Gasteiger partial charge in [-0.3, -0.25) is 14.3 Å². The van der Waals surface area contributed by atoms with Crippen molar-refractivity contribution in [2.75, 3.05) is 5.32 Å². The van der Waals surface area contributed by atoms with E-state index in [1.165, 1.54) is 27.9 Å². The fourth-order valence-electron chi connectivity index (χ4n) is 2.69. The minimum atomic E-state index is -0.590. The molecular weight excluding hydrogens is 382 g/mol. The topological polar surface area (TPSA) is 150 Å². The number of furan rings is 1. The van der Waals surface area contributed by atoms with Gasteiger partial charge in [-0.25, -0.2) is 0 Å². The van der Waals surface area contributed by atoms with E-state index in [0.717, 1.165) is 0 Å². The van der Waals surface area contributed by atoms with Crippen molar-refractivity contribution in [3.63, 3.8) is 0 Å². The normalized spacial score (nSPS) is 10.7. The van der Waals surface area contributed by atoms with E-state index >= 15 is 0 Å². The van der Waals surface area contributed by atoms with E-state index in [0.29, 0.717) is 11.5 Å². The first-order chi connectivity index (χ1) is 13.8. The molecule has 0 aliphatic heterocycles. The third-order valence-corrected chi connectivity index (χ3v) is 4.14. The number of anilines is 1. The maximum Gasteiger partial charge on any atom is 0.390 e. The summed E-state index contributed by atoms with van der Waals surface area (Å²) in [7, 11) is 1.59. The van der Waals surface area contributed by atoms with Crippen molar-refractivity contribution < 1.29 is 18.9 Å². The van der Waals surface area contributed by atoms with Gasteiger partial charge in [0.15, 0.2) is 0 Å². The second-order valence-corrected chi connectivity index (χ2v) is 6.21. The summed E-state index contributed by atoms with van der Waals surface area (Å²) in [6.45, 7) is 2.02. The molecule has 2 amide bonds. The lowest BCUT2D eigenvalue weighted by molar-refractivity contribution is -0.389. The molecule has 3 rings (SSSR count). The van der Waals surface area contributed by atoms with Gasteiger partial charge in [-0.05, 0) is 24.0 Å². The molecule has 0 spiro atoms. The van der Waals surface area contributed by atoms with Crippen LogP contribution in [0.25, 0.3) is 0 Å². The van der Waals surface area contributed by atoms with Crippen LogP contribution in [0.3, 0.4) is 0 Å². The van der Waals surface area contributed by atoms with Gasteiger partial charge < -0.3 is 25.2 Å². The summed E-state index contributed by atoms with van der Waals surface area (Å²) in [5.41, 5.74) is 1.03. The fraction of sp³-hybridized carbons (Fsp3) is 0.294. The number of aromatic nitrogens is 4.